The van der Waals surface area contributed by atoms with Crippen molar-refractivity contribution >= 4 is 27.5 Å². The van der Waals surface area contributed by atoms with Gasteiger partial charge in [-0.3, -0.25) is 0 Å². The number of nitrogens with zero attached hydrogens (tertiary/aromatic N) is 2. The molecule has 0 saturated carbocycles. The van der Waals surface area contributed by atoms with Crippen LogP contribution in [0.3, 0.4) is 0 Å². The van der Waals surface area contributed by atoms with Crippen molar-refractivity contribution in [1.82, 2.24) is 9.97 Å². The second kappa shape index (κ2) is 4.78. The number of anilines is 3. The predicted octanol–water partition coefficient (Wildman–Crippen LogP) is 0.589. The Morgan fingerprint density at radius 2 is 1.84 bits per heavy atom. The average Bonchev–Trinajstić information content (AvgIpc) is 2.33. The Bertz CT molecular complexity index is 702. The molecule has 9 heteroatoms. The number of halogens is 1. The van der Waals surface area contributed by atoms with Gasteiger partial charge in [-0.1, -0.05) is 0 Å². The molecule has 7 nitrogen and oxygen atoms in total. The summed E-state index contributed by atoms with van der Waals surface area (Å²) < 4.78 is 35.0. The summed E-state index contributed by atoms with van der Waals surface area (Å²) in [4.78, 5) is 7.35. The van der Waals surface area contributed by atoms with Crippen LogP contribution in [0.5, 0.6) is 0 Å². The van der Waals surface area contributed by atoms with Gasteiger partial charge in [-0.25, -0.2) is 22.9 Å². The molecule has 0 radical (unpaired) electrons. The van der Waals surface area contributed by atoms with E-state index in [2.05, 4.69) is 15.3 Å². The van der Waals surface area contributed by atoms with E-state index in [0.29, 0.717) is 5.69 Å². The molecule has 1 heterocycles. The van der Waals surface area contributed by atoms with Gasteiger partial charge in [-0.2, -0.15) is 4.98 Å². The summed E-state index contributed by atoms with van der Waals surface area (Å²) in [7, 11) is -3.73. The maximum atomic E-state index is 12.9. The topological polar surface area (TPSA) is 124 Å². The van der Waals surface area contributed by atoms with E-state index >= 15 is 0 Å². The van der Waals surface area contributed by atoms with E-state index in [1.165, 1.54) is 24.3 Å². The molecule has 1 aromatic heterocycles. The van der Waals surface area contributed by atoms with E-state index in [1.807, 2.05) is 0 Å². The first kappa shape index (κ1) is 13.2. The largest absolute Gasteiger partial charge is 0.381 e. The Morgan fingerprint density at radius 1 is 1.21 bits per heavy atom. The molecule has 0 amide bonds. The van der Waals surface area contributed by atoms with Crippen LogP contribution in [0.1, 0.15) is 0 Å². The number of nitrogens with two attached hydrogens (primary N) is 2. The molecule has 0 aliphatic rings. The van der Waals surface area contributed by atoms with Gasteiger partial charge in [-0.15, -0.1) is 0 Å². The third kappa shape index (κ3) is 3.14. The molecule has 0 atom stereocenters. The zero-order valence-electron chi connectivity index (χ0n) is 9.54. The van der Waals surface area contributed by atoms with Crippen molar-refractivity contribution in [2.75, 3.05) is 11.1 Å². The van der Waals surface area contributed by atoms with Crippen molar-refractivity contribution in [1.29, 1.82) is 0 Å². The molecule has 0 bridgehead atoms. The average molecular weight is 283 g/mol. The Balaban J connectivity index is 2.22. The number of hydrogen-bond donors (Lipinski definition) is 3. The molecule has 5 N–H and O–H groups in total. The Kier molecular flexibility index (Phi) is 3.32. The van der Waals surface area contributed by atoms with Crippen molar-refractivity contribution in [3.8, 4) is 0 Å². The standard InChI is InChI=1S/C10H10FN5O2S/c11-8-5-14-10(16-9(8)12)15-6-1-3-7(4-2-6)19(13,17)18/h1-5H,(H2,13,17,18)(H3,12,14,15,16). The summed E-state index contributed by atoms with van der Waals surface area (Å²) in [5.41, 5.74) is 5.81. The number of rotatable bonds is 3. The van der Waals surface area contributed by atoms with Crippen molar-refractivity contribution in [2.24, 2.45) is 5.14 Å². The zero-order chi connectivity index (χ0) is 14.0. The lowest BCUT2D eigenvalue weighted by molar-refractivity contribution is 0.598. The highest BCUT2D eigenvalue weighted by Crippen LogP contribution is 2.17. The number of benzene rings is 1. The fourth-order valence-corrected chi connectivity index (χ4v) is 1.81. The van der Waals surface area contributed by atoms with Gasteiger partial charge in [0.1, 0.15) is 0 Å². The fourth-order valence-electron chi connectivity index (χ4n) is 1.30. The quantitative estimate of drug-likeness (QED) is 0.757. The lowest BCUT2D eigenvalue weighted by atomic mass is 10.3. The van der Waals surface area contributed by atoms with Gasteiger partial charge < -0.3 is 11.1 Å². The lowest BCUT2D eigenvalue weighted by Crippen LogP contribution is -2.11. The van der Waals surface area contributed by atoms with Gasteiger partial charge in [0, 0.05) is 5.69 Å². The van der Waals surface area contributed by atoms with E-state index in [1.54, 1.807) is 0 Å². The molecule has 0 aliphatic heterocycles. The Morgan fingerprint density at radius 3 is 2.37 bits per heavy atom. The van der Waals surface area contributed by atoms with E-state index in [0.717, 1.165) is 6.20 Å². The first-order valence-electron chi connectivity index (χ1n) is 5.04. The van der Waals surface area contributed by atoms with Crippen LogP contribution in [0.25, 0.3) is 0 Å². The van der Waals surface area contributed by atoms with Gasteiger partial charge in [0.2, 0.25) is 16.0 Å². The summed E-state index contributed by atoms with van der Waals surface area (Å²) in [5, 5.41) is 7.71. The van der Waals surface area contributed by atoms with Gasteiger partial charge in [-0.05, 0) is 24.3 Å². The molecule has 19 heavy (non-hydrogen) atoms. The van der Waals surface area contributed by atoms with E-state index in [9.17, 15) is 12.8 Å². The Labute approximate surface area is 108 Å². The molecule has 0 fully saturated rings. The maximum Gasteiger partial charge on any atom is 0.238 e. The van der Waals surface area contributed by atoms with Crippen molar-refractivity contribution in [3.63, 3.8) is 0 Å². The SMILES string of the molecule is Nc1nc(Nc2ccc(S(N)(=O)=O)cc2)ncc1F. The molecule has 1 aromatic carbocycles. The van der Waals surface area contributed by atoms with E-state index in [4.69, 9.17) is 10.9 Å². The predicted molar refractivity (Wildman–Crippen MR) is 67.5 cm³/mol. The number of nitrogens with one attached hydrogen (secondary N) is 1. The van der Waals surface area contributed by atoms with Crippen LogP contribution in [0.15, 0.2) is 35.4 Å². The van der Waals surface area contributed by atoms with Crippen LogP contribution in [0.2, 0.25) is 0 Å². The van der Waals surface area contributed by atoms with Crippen LogP contribution in [-0.2, 0) is 10.0 Å². The van der Waals surface area contributed by atoms with Crippen LogP contribution < -0.4 is 16.2 Å². The molecule has 0 spiro atoms. The summed E-state index contributed by atoms with van der Waals surface area (Å²) in [6.07, 6.45) is 0.934. The maximum absolute atomic E-state index is 12.9. The molecule has 100 valence electrons. The fraction of sp³-hybridized carbons (Fsp3) is 0. The van der Waals surface area contributed by atoms with Crippen molar-refractivity contribution in [2.45, 2.75) is 4.90 Å². The smallest absolute Gasteiger partial charge is 0.238 e. The third-order valence-electron chi connectivity index (χ3n) is 2.21. The normalized spacial score (nSPS) is 11.3. The minimum atomic E-state index is -3.73. The molecule has 0 aliphatic carbocycles. The van der Waals surface area contributed by atoms with Gasteiger partial charge >= 0.3 is 0 Å². The van der Waals surface area contributed by atoms with E-state index < -0.39 is 15.8 Å². The second-order valence-electron chi connectivity index (χ2n) is 3.62. The van der Waals surface area contributed by atoms with Crippen LogP contribution in [0, 0.1) is 5.82 Å². The summed E-state index contributed by atoms with van der Waals surface area (Å²) >= 11 is 0. The monoisotopic (exact) mass is 283 g/mol. The van der Waals surface area contributed by atoms with Gasteiger partial charge in [0.25, 0.3) is 0 Å². The molecule has 0 saturated heterocycles. The van der Waals surface area contributed by atoms with E-state index in [-0.39, 0.29) is 16.7 Å². The van der Waals surface area contributed by atoms with Crippen molar-refractivity contribution in [3.05, 3.63) is 36.3 Å². The molecular formula is C10H10FN5O2S. The molecule has 2 rings (SSSR count). The number of aromatic nitrogens is 2. The highest BCUT2D eigenvalue weighted by Gasteiger charge is 2.07. The zero-order valence-corrected chi connectivity index (χ0v) is 10.4. The molecule has 2 aromatic rings. The third-order valence-corrected chi connectivity index (χ3v) is 3.14. The molecule has 0 unspecified atom stereocenters. The Hall–Kier alpha value is -2.26. The second-order valence-corrected chi connectivity index (χ2v) is 5.18. The first-order chi connectivity index (χ1) is 8.86. The highest BCUT2D eigenvalue weighted by atomic mass is 32.2. The number of hydrogen-bond acceptors (Lipinski definition) is 6. The number of sulfonamides is 1. The minimum Gasteiger partial charge on any atom is -0.381 e. The lowest BCUT2D eigenvalue weighted by Gasteiger charge is -2.06. The summed E-state index contributed by atoms with van der Waals surface area (Å²) in [6.45, 7) is 0. The number of nitrogen functional groups attached to an aromatic ring is 1. The van der Waals surface area contributed by atoms with Crippen LogP contribution in [0.4, 0.5) is 21.8 Å². The first-order valence-corrected chi connectivity index (χ1v) is 6.59. The number of primary sulfonamides is 1. The van der Waals surface area contributed by atoms with Gasteiger partial charge in [0.05, 0.1) is 11.1 Å². The van der Waals surface area contributed by atoms with Gasteiger partial charge in [0.15, 0.2) is 11.6 Å². The van der Waals surface area contributed by atoms with Crippen LogP contribution in [-0.4, -0.2) is 18.4 Å². The highest BCUT2D eigenvalue weighted by molar-refractivity contribution is 7.89. The van der Waals surface area contributed by atoms with Crippen LogP contribution >= 0.6 is 0 Å². The summed E-state index contributed by atoms with van der Waals surface area (Å²) in [6, 6.07) is 5.60. The molecular weight excluding hydrogens is 273 g/mol. The van der Waals surface area contributed by atoms with Crippen molar-refractivity contribution < 1.29 is 12.8 Å². The minimum absolute atomic E-state index is 0.0161. The summed E-state index contributed by atoms with van der Waals surface area (Å²) in [5.74, 6) is -0.893.